The van der Waals surface area contributed by atoms with Crippen LogP contribution in [0.1, 0.15) is 10.4 Å². The van der Waals surface area contributed by atoms with Crippen molar-refractivity contribution in [1.82, 2.24) is 0 Å². The molecule has 0 bridgehead atoms. The third-order valence-electron chi connectivity index (χ3n) is 1.02. The quantitative estimate of drug-likeness (QED) is 0.589. The predicted octanol–water partition coefficient (Wildman–Crippen LogP) is -0.0884. The molecule has 0 spiro atoms. The molecule has 0 amide bonds. The summed E-state index contributed by atoms with van der Waals surface area (Å²) in [6.07, 6.45) is 0. The molecule has 0 aliphatic heterocycles. The molecule has 11 heavy (non-hydrogen) atoms. The van der Waals surface area contributed by atoms with E-state index in [0.717, 1.165) is 0 Å². The fraction of sp³-hybridized carbons (Fsp3) is 0. The van der Waals surface area contributed by atoms with Gasteiger partial charge in [-0.3, -0.25) is 0 Å². The first-order chi connectivity index (χ1) is 4.30. The van der Waals surface area contributed by atoms with Crippen LogP contribution in [-0.4, -0.2) is 46.1 Å². The number of rotatable bonds is 1. The molecule has 3 N–H and O–H groups in total. The molecule has 0 aliphatic carbocycles. The summed E-state index contributed by atoms with van der Waals surface area (Å²) in [6.45, 7) is 0. The van der Waals surface area contributed by atoms with Crippen LogP contribution in [0.15, 0.2) is 30.3 Å². The van der Waals surface area contributed by atoms with Gasteiger partial charge in [-0.25, -0.2) is 4.79 Å². The molecule has 1 aromatic carbocycles. The SMILES string of the molecule is O.O=C(O)c1ccccc1.[NaH]. The van der Waals surface area contributed by atoms with Crippen LogP contribution in [0.3, 0.4) is 0 Å². The first-order valence-corrected chi connectivity index (χ1v) is 2.59. The summed E-state index contributed by atoms with van der Waals surface area (Å²) in [7, 11) is 0. The van der Waals surface area contributed by atoms with E-state index in [-0.39, 0.29) is 35.0 Å². The Kier molecular flexibility index (Phi) is 7.67. The van der Waals surface area contributed by atoms with E-state index in [9.17, 15) is 4.79 Å². The van der Waals surface area contributed by atoms with Crippen molar-refractivity contribution in [3.8, 4) is 0 Å². The van der Waals surface area contributed by atoms with Crippen molar-refractivity contribution in [2.45, 2.75) is 0 Å². The van der Waals surface area contributed by atoms with E-state index < -0.39 is 5.97 Å². The molecule has 4 heteroatoms. The van der Waals surface area contributed by atoms with Crippen LogP contribution >= 0.6 is 0 Å². The van der Waals surface area contributed by atoms with Gasteiger partial charge in [0.05, 0.1) is 5.56 Å². The number of carboxylic acid groups (broad SMARTS) is 1. The van der Waals surface area contributed by atoms with Gasteiger partial charge < -0.3 is 10.6 Å². The molecule has 0 atom stereocenters. The Bertz CT molecular complexity index is 210. The Hall–Kier alpha value is -0.350. The minimum absolute atomic E-state index is 0. The molecule has 0 heterocycles. The predicted molar refractivity (Wildman–Crippen MR) is 44.2 cm³/mol. The zero-order chi connectivity index (χ0) is 6.69. The molecule has 0 aliphatic rings. The van der Waals surface area contributed by atoms with Gasteiger partial charge in [0.2, 0.25) is 0 Å². The van der Waals surface area contributed by atoms with Crippen molar-refractivity contribution in [2.24, 2.45) is 0 Å². The van der Waals surface area contributed by atoms with Gasteiger partial charge in [0.25, 0.3) is 0 Å². The number of hydrogen-bond donors (Lipinski definition) is 1. The van der Waals surface area contributed by atoms with Gasteiger partial charge in [0, 0.05) is 0 Å². The van der Waals surface area contributed by atoms with Gasteiger partial charge >= 0.3 is 35.5 Å². The Morgan fingerprint density at radius 2 is 1.64 bits per heavy atom. The molecule has 3 nitrogen and oxygen atoms in total. The first-order valence-electron chi connectivity index (χ1n) is 2.59. The maximum absolute atomic E-state index is 10.2. The van der Waals surface area contributed by atoms with E-state index in [0.29, 0.717) is 5.56 Å². The van der Waals surface area contributed by atoms with Crippen LogP contribution in [0.25, 0.3) is 0 Å². The van der Waals surface area contributed by atoms with Gasteiger partial charge in [-0.05, 0) is 12.1 Å². The van der Waals surface area contributed by atoms with E-state index in [4.69, 9.17) is 5.11 Å². The summed E-state index contributed by atoms with van der Waals surface area (Å²) in [4.78, 5) is 10.2. The molecule has 56 valence electrons. The van der Waals surface area contributed by atoms with Crippen molar-refractivity contribution >= 4 is 35.5 Å². The van der Waals surface area contributed by atoms with Crippen molar-refractivity contribution in [2.75, 3.05) is 0 Å². The van der Waals surface area contributed by atoms with E-state index in [1.165, 1.54) is 0 Å². The summed E-state index contributed by atoms with van der Waals surface area (Å²) < 4.78 is 0. The summed E-state index contributed by atoms with van der Waals surface area (Å²) >= 11 is 0. The van der Waals surface area contributed by atoms with Gasteiger partial charge in [-0.15, -0.1) is 0 Å². The topological polar surface area (TPSA) is 68.8 Å². The summed E-state index contributed by atoms with van der Waals surface area (Å²) in [5.74, 6) is -0.879. The second kappa shape index (κ2) is 6.37. The standard InChI is InChI=1S/C7H6O2.Na.H2O.H/c8-7(9)6-4-2-1-3-5-6;;;/h1-5H,(H,8,9);;1H2;. The number of carbonyl (C=O) groups is 1. The summed E-state index contributed by atoms with van der Waals surface area (Å²) in [6, 6.07) is 8.30. The van der Waals surface area contributed by atoms with E-state index >= 15 is 0 Å². The monoisotopic (exact) mass is 164 g/mol. The number of hydrogen-bond acceptors (Lipinski definition) is 1. The van der Waals surface area contributed by atoms with Gasteiger partial charge in [-0.1, -0.05) is 18.2 Å². The Morgan fingerprint density at radius 3 is 1.91 bits per heavy atom. The van der Waals surface area contributed by atoms with E-state index in [1.807, 2.05) is 0 Å². The Morgan fingerprint density at radius 1 is 1.18 bits per heavy atom. The van der Waals surface area contributed by atoms with Crippen molar-refractivity contribution in [3.05, 3.63) is 35.9 Å². The third-order valence-corrected chi connectivity index (χ3v) is 1.02. The molecule has 0 unspecified atom stereocenters. The molecule has 0 radical (unpaired) electrons. The fourth-order valence-corrected chi connectivity index (χ4v) is 0.581. The second-order valence-electron chi connectivity index (χ2n) is 1.67. The molecule has 0 aromatic heterocycles. The molecule has 0 saturated carbocycles. The van der Waals surface area contributed by atoms with E-state index in [1.54, 1.807) is 30.3 Å². The van der Waals surface area contributed by atoms with Crippen molar-refractivity contribution in [3.63, 3.8) is 0 Å². The number of carboxylic acids is 1. The molecular weight excluding hydrogens is 155 g/mol. The Labute approximate surface area is 86.6 Å². The minimum atomic E-state index is -0.879. The van der Waals surface area contributed by atoms with Crippen LogP contribution in [0.2, 0.25) is 0 Å². The summed E-state index contributed by atoms with van der Waals surface area (Å²) in [5.41, 5.74) is 0.331. The van der Waals surface area contributed by atoms with Crippen LogP contribution in [0.5, 0.6) is 0 Å². The molecule has 0 saturated heterocycles. The average Bonchev–Trinajstić information content (AvgIpc) is 1.90. The van der Waals surface area contributed by atoms with Crippen molar-refractivity contribution < 1.29 is 15.4 Å². The number of benzene rings is 1. The summed E-state index contributed by atoms with van der Waals surface area (Å²) in [5, 5.41) is 8.38. The normalized spacial score (nSPS) is 7.27. The van der Waals surface area contributed by atoms with Crippen molar-refractivity contribution in [1.29, 1.82) is 0 Å². The van der Waals surface area contributed by atoms with Crippen LogP contribution < -0.4 is 0 Å². The average molecular weight is 164 g/mol. The first kappa shape index (κ1) is 13.3. The van der Waals surface area contributed by atoms with Crippen LogP contribution in [0, 0.1) is 0 Å². The second-order valence-corrected chi connectivity index (χ2v) is 1.67. The Balaban J connectivity index is 0. The molecular formula is C7H9NaO3. The zero-order valence-electron chi connectivity index (χ0n) is 5.24. The van der Waals surface area contributed by atoms with Gasteiger partial charge in [0.1, 0.15) is 0 Å². The van der Waals surface area contributed by atoms with E-state index in [2.05, 4.69) is 0 Å². The van der Waals surface area contributed by atoms with Gasteiger partial charge in [0.15, 0.2) is 0 Å². The van der Waals surface area contributed by atoms with Crippen LogP contribution in [-0.2, 0) is 0 Å². The van der Waals surface area contributed by atoms with Crippen LogP contribution in [0.4, 0.5) is 0 Å². The maximum atomic E-state index is 10.2. The molecule has 0 fully saturated rings. The number of aromatic carboxylic acids is 1. The fourth-order valence-electron chi connectivity index (χ4n) is 0.581. The molecule has 1 rings (SSSR count). The van der Waals surface area contributed by atoms with Gasteiger partial charge in [-0.2, -0.15) is 0 Å². The molecule has 1 aromatic rings. The third kappa shape index (κ3) is 4.16. The zero-order valence-corrected chi connectivity index (χ0v) is 5.24.